The Balaban J connectivity index is 2.68. The van der Waals surface area contributed by atoms with Crippen molar-refractivity contribution in [1.82, 2.24) is 5.32 Å². The second-order valence-corrected chi connectivity index (χ2v) is 4.42. The van der Waals surface area contributed by atoms with Crippen molar-refractivity contribution in [2.45, 2.75) is 18.9 Å². The van der Waals surface area contributed by atoms with Gasteiger partial charge in [-0.2, -0.15) is 0 Å². The van der Waals surface area contributed by atoms with E-state index in [-0.39, 0.29) is 18.8 Å². The Kier molecular flexibility index (Phi) is 5.00. The Morgan fingerprint density at radius 3 is 2.42 bits per heavy atom. The minimum atomic E-state index is -1.48. The topological polar surface area (TPSA) is 75.6 Å². The number of hydrogen-bond donors (Lipinski definition) is 2. The fraction of sp³-hybridized carbons (Fsp3) is 0.385. The molecule has 0 aliphatic rings. The van der Waals surface area contributed by atoms with Gasteiger partial charge in [-0.15, -0.1) is 0 Å². The molecule has 0 fully saturated rings. The second-order valence-electron chi connectivity index (χ2n) is 4.42. The predicted molar refractivity (Wildman–Crippen MR) is 66.2 cm³/mol. The lowest BCUT2D eigenvalue weighted by molar-refractivity contribution is -0.149. The fourth-order valence-electron chi connectivity index (χ4n) is 1.58. The van der Waals surface area contributed by atoms with E-state index < -0.39 is 17.4 Å². The van der Waals surface area contributed by atoms with Gasteiger partial charge >= 0.3 is 5.97 Å². The molecular weight excluding hydrogens is 253 g/mol. The molecule has 0 saturated heterocycles. The van der Waals surface area contributed by atoms with Crippen LogP contribution in [0.4, 0.5) is 4.39 Å². The maximum absolute atomic E-state index is 12.7. The lowest BCUT2D eigenvalue weighted by atomic mass is 10.0. The highest BCUT2D eigenvalue weighted by Crippen LogP contribution is 2.07. The second kappa shape index (κ2) is 6.29. The molecule has 0 spiro atoms. The number of rotatable bonds is 6. The Labute approximate surface area is 110 Å². The summed E-state index contributed by atoms with van der Waals surface area (Å²) in [7, 11) is 1.35. The van der Waals surface area contributed by atoms with E-state index in [1.54, 1.807) is 0 Å². The highest BCUT2D eigenvalue weighted by molar-refractivity contribution is 5.87. The van der Waals surface area contributed by atoms with Gasteiger partial charge < -0.3 is 15.2 Å². The molecule has 1 aromatic rings. The molecule has 19 heavy (non-hydrogen) atoms. The maximum atomic E-state index is 12.7. The summed E-state index contributed by atoms with van der Waals surface area (Å²) in [6, 6.07) is 5.44. The first-order chi connectivity index (χ1) is 8.87. The van der Waals surface area contributed by atoms with Crippen LogP contribution in [0.3, 0.4) is 0 Å². The number of hydrogen-bond acceptors (Lipinski definition) is 3. The van der Waals surface area contributed by atoms with Crippen LogP contribution in [0.1, 0.15) is 12.5 Å². The van der Waals surface area contributed by atoms with E-state index in [2.05, 4.69) is 5.32 Å². The van der Waals surface area contributed by atoms with Crippen LogP contribution in [-0.4, -0.2) is 36.2 Å². The zero-order valence-corrected chi connectivity index (χ0v) is 10.8. The molecule has 0 bridgehead atoms. The van der Waals surface area contributed by atoms with Crippen LogP contribution in [0.2, 0.25) is 0 Å². The van der Waals surface area contributed by atoms with Gasteiger partial charge in [-0.25, -0.2) is 9.18 Å². The molecule has 0 radical (unpaired) electrons. The van der Waals surface area contributed by atoms with Crippen molar-refractivity contribution in [2.24, 2.45) is 0 Å². The molecule has 0 aromatic heterocycles. The summed E-state index contributed by atoms with van der Waals surface area (Å²) in [5.74, 6) is -2.03. The van der Waals surface area contributed by atoms with E-state index in [4.69, 9.17) is 9.84 Å². The molecule has 2 N–H and O–H groups in total. The monoisotopic (exact) mass is 269 g/mol. The van der Waals surface area contributed by atoms with Crippen LogP contribution >= 0.6 is 0 Å². The Morgan fingerprint density at radius 1 is 1.37 bits per heavy atom. The van der Waals surface area contributed by atoms with E-state index in [1.165, 1.54) is 38.3 Å². The summed E-state index contributed by atoms with van der Waals surface area (Å²) in [6.45, 7) is 1.22. The Morgan fingerprint density at radius 2 is 1.95 bits per heavy atom. The largest absolute Gasteiger partial charge is 0.479 e. The van der Waals surface area contributed by atoms with Gasteiger partial charge in [-0.1, -0.05) is 12.1 Å². The standard InChI is InChI=1S/C13H16FNO4/c1-13(8-19-2,12(17)18)15-11(16)7-9-3-5-10(14)6-4-9/h3-6H,7-8H2,1-2H3,(H,15,16)(H,17,18). The summed E-state index contributed by atoms with van der Waals surface area (Å²) in [5, 5.41) is 11.5. The number of carboxylic acids is 1. The number of carbonyl (C=O) groups is 2. The summed E-state index contributed by atoms with van der Waals surface area (Å²) in [5.41, 5.74) is -0.879. The molecule has 1 aromatic carbocycles. The van der Waals surface area contributed by atoms with Crippen molar-refractivity contribution < 1.29 is 23.8 Å². The average Bonchev–Trinajstić information content (AvgIpc) is 2.32. The van der Waals surface area contributed by atoms with Crippen molar-refractivity contribution in [3.63, 3.8) is 0 Å². The first-order valence-corrected chi connectivity index (χ1v) is 5.65. The van der Waals surface area contributed by atoms with E-state index in [9.17, 15) is 14.0 Å². The number of aliphatic carboxylic acids is 1. The van der Waals surface area contributed by atoms with Crippen LogP contribution in [0, 0.1) is 5.82 Å². The molecule has 1 rings (SSSR count). The van der Waals surface area contributed by atoms with Gasteiger partial charge in [-0.3, -0.25) is 4.79 Å². The van der Waals surface area contributed by atoms with Gasteiger partial charge in [-0.05, 0) is 24.6 Å². The Bertz CT molecular complexity index is 460. The fourth-order valence-corrected chi connectivity index (χ4v) is 1.58. The first-order valence-electron chi connectivity index (χ1n) is 5.65. The van der Waals surface area contributed by atoms with Crippen LogP contribution < -0.4 is 5.32 Å². The lowest BCUT2D eigenvalue weighted by Gasteiger charge is -2.25. The van der Waals surface area contributed by atoms with E-state index in [0.717, 1.165) is 0 Å². The van der Waals surface area contributed by atoms with Crippen molar-refractivity contribution in [1.29, 1.82) is 0 Å². The molecule has 5 nitrogen and oxygen atoms in total. The molecule has 1 unspecified atom stereocenters. The quantitative estimate of drug-likeness (QED) is 0.807. The van der Waals surface area contributed by atoms with Gasteiger partial charge in [0.05, 0.1) is 13.0 Å². The summed E-state index contributed by atoms with van der Waals surface area (Å²) < 4.78 is 17.5. The van der Waals surface area contributed by atoms with Crippen molar-refractivity contribution >= 4 is 11.9 Å². The molecule has 0 aliphatic heterocycles. The smallest absolute Gasteiger partial charge is 0.331 e. The molecular formula is C13H16FNO4. The zero-order chi connectivity index (χ0) is 14.5. The third-order valence-electron chi connectivity index (χ3n) is 2.60. The van der Waals surface area contributed by atoms with Crippen LogP contribution in [0.25, 0.3) is 0 Å². The van der Waals surface area contributed by atoms with E-state index in [1.807, 2.05) is 0 Å². The van der Waals surface area contributed by atoms with E-state index >= 15 is 0 Å². The predicted octanol–water partition coefficient (Wildman–Crippen LogP) is 0.974. The van der Waals surface area contributed by atoms with Crippen molar-refractivity contribution in [3.05, 3.63) is 35.6 Å². The first kappa shape index (κ1) is 15.1. The Hall–Kier alpha value is -1.95. The van der Waals surface area contributed by atoms with Crippen molar-refractivity contribution in [3.8, 4) is 0 Å². The number of carboxylic acid groups (broad SMARTS) is 1. The van der Waals surface area contributed by atoms with Gasteiger partial charge in [0.15, 0.2) is 5.54 Å². The van der Waals surface area contributed by atoms with Crippen LogP contribution in [-0.2, 0) is 20.7 Å². The van der Waals surface area contributed by atoms with E-state index in [0.29, 0.717) is 5.56 Å². The molecule has 0 heterocycles. The molecule has 0 aliphatic carbocycles. The van der Waals surface area contributed by atoms with Gasteiger partial charge in [0.1, 0.15) is 5.82 Å². The van der Waals surface area contributed by atoms with Crippen molar-refractivity contribution in [2.75, 3.05) is 13.7 Å². The minimum absolute atomic E-state index is 0.0210. The number of methoxy groups -OCH3 is 1. The molecule has 1 amide bonds. The van der Waals surface area contributed by atoms with Crippen LogP contribution in [0.15, 0.2) is 24.3 Å². The third-order valence-corrected chi connectivity index (χ3v) is 2.60. The molecule has 0 saturated carbocycles. The lowest BCUT2D eigenvalue weighted by Crippen LogP contribution is -2.55. The molecule has 1 atom stereocenters. The minimum Gasteiger partial charge on any atom is -0.479 e. The number of amides is 1. The summed E-state index contributed by atoms with van der Waals surface area (Å²) >= 11 is 0. The summed E-state index contributed by atoms with van der Waals surface area (Å²) in [4.78, 5) is 22.9. The van der Waals surface area contributed by atoms with Crippen LogP contribution in [0.5, 0.6) is 0 Å². The number of benzene rings is 1. The molecule has 6 heteroatoms. The normalized spacial score (nSPS) is 13.6. The third kappa shape index (κ3) is 4.33. The highest BCUT2D eigenvalue weighted by atomic mass is 19.1. The zero-order valence-electron chi connectivity index (χ0n) is 10.8. The average molecular weight is 269 g/mol. The maximum Gasteiger partial charge on any atom is 0.331 e. The number of ether oxygens (including phenoxy) is 1. The number of halogens is 1. The van der Waals surface area contributed by atoms with Gasteiger partial charge in [0.2, 0.25) is 5.91 Å². The number of carbonyl (C=O) groups excluding carboxylic acids is 1. The number of nitrogens with one attached hydrogen (secondary N) is 1. The van der Waals surface area contributed by atoms with Gasteiger partial charge in [0.25, 0.3) is 0 Å². The van der Waals surface area contributed by atoms with Gasteiger partial charge in [0, 0.05) is 7.11 Å². The summed E-state index contributed by atoms with van der Waals surface area (Å²) in [6.07, 6.45) is -0.0210. The highest BCUT2D eigenvalue weighted by Gasteiger charge is 2.34. The SMILES string of the molecule is COCC(C)(NC(=O)Cc1ccc(F)cc1)C(=O)O. The molecule has 104 valence electrons.